The van der Waals surface area contributed by atoms with Crippen molar-refractivity contribution in [3.63, 3.8) is 0 Å². The minimum Gasteiger partial charge on any atom is -0.474 e. The third-order valence-electron chi connectivity index (χ3n) is 5.85. The van der Waals surface area contributed by atoms with Crippen LogP contribution in [0.1, 0.15) is 16.8 Å². The van der Waals surface area contributed by atoms with Crippen LogP contribution in [0, 0.1) is 12.7 Å². The molecule has 5 heterocycles. The highest BCUT2D eigenvalue weighted by molar-refractivity contribution is 6.35. The van der Waals surface area contributed by atoms with Crippen LogP contribution in [0.5, 0.6) is 5.88 Å². The number of carbonyl (C=O) groups is 1. The van der Waals surface area contributed by atoms with Crippen molar-refractivity contribution in [2.75, 3.05) is 23.8 Å². The Morgan fingerprint density at radius 2 is 2.12 bits per heavy atom. The average Bonchev–Trinajstić information content (AvgIpc) is 3.37. The van der Waals surface area contributed by atoms with Gasteiger partial charge in [-0.1, -0.05) is 0 Å². The molecular formula is C24H18FN5O2. The fourth-order valence-electron chi connectivity index (χ4n) is 4.34. The molecule has 7 nitrogen and oxygen atoms in total. The summed E-state index contributed by atoms with van der Waals surface area (Å²) >= 11 is 0. The topological polar surface area (TPSA) is 91.9 Å². The first kappa shape index (κ1) is 18.6. The van der Waals surface area contributed by atoms with E-state index in [9.17, 15) is 4.79 Å². The van der Waals surface area contributed by atoms with E-state index in [1.54, 1.807) is 24.7 Å². The van der Waals surface area contributed by atoms with Crippen LogP contribution < -0.4 is 15.4 Å². The standard InChI is InChI=1S/C24H18FN5O2/c1-12-16(13-7-20-24(28-11-13)32-5-4-27-20)9-18(25)22-21(12)17(23(31)30-22)8-15-6-14-10-26-3-2-19(14)29-15/h2-3,6-11,27,29H,4-5H2,1H3,(H,30,31)/b17-8-. The Kier molecular flexibility index (Phi) is 4.01. The maximum Gasteiger partial charge on any atom is 0.256 e. The van der Waals surface area contributed by atoms with Crippen molar-refractivity contribution in [1.29, 1.82) is 0 Å². The number of aromatic amines is 1. The van der Waals surface area contributed by atoms with Crippen LogP contribution in [0.3, 0.4) is 0 Å². The zero-order valence-electron chi connectivity index (χ0n) is 17.1. The molecule has 158 valence electrons. The SMILES string of the molecule is Cc1c(-c2cnc3c(c2)NCCO3)cc(F)c2c1/C(=C/c1cc3cnccc3[nH]1)C(=O)N2. The van der Waals surface area contributed by atoms with Crippen LogP contribution in [0.15, 0.2) is 42.9 Å². The summed E-state index contributed by atoms with van der Waals surface area (Å²) in [6, 6.07) is 7.12. The lowest BCUT2D eigenvalue weighted by molar-refractivity contribution is -0.110. The third-order valence-corrected chi connectivity index (χ3v) is 5.85. The number of carbonyl (C=O) groups excluding carboxylic acids is 1. The van der Waals surface area contributed by atoms with Gasteiger partial charge in [0, 0.05) is 52.9 Å². The van der Waals surface area contributed by atoms with Crippen LogP contribution in [0.2, 0.25) is 0 Å². The first-order valence-electron chi connectivity index (χ1n) is 10.2. The number of ether oxygens (including phenoxy) is 1. The summed E-state index contributed by atoms with van der Waals surface area (Å²) in [7, 11) is 0. The molecule has 0 unspecified atom stereocenters. The predicted molar refractivity (Wildman–Crippen MR) is 121 cm³/mol. The molecule has 0 fully saturated rings. The molecule has 1 amide bonds. The molecule has 4 aromatic rings. The lowest BCUT2D eigenvalue weighted by Gasteiger charge is -2.19. The van der Waals surface area contributed by atoms with E-state index >= 15 is 4.39 Å². The first-order chi connectivity index (χ1) is 15.6. The summed E-state index contributed by atoms with van der Waals surface area (Å²) in [4.78, 5) is 24.5. The van der Waals surface area contributed by atoms with Gasteiger partial charge in [0.05, 0.1) is 16.9 Å². The predicted octanol–water partition coefficient (Wildman–Crippen LogP) is 4.37. The highest BCUT2D eigenvalue weighted by atomic mass is 19.1. The van der Waals surface area contributed by atoms with Gasteiger partial charge in [-0.15, -0.1) is 0 Å². The summed E-state index contributed by atoms with van der Waals surface area (Å²) in [6.45, 7) is 3.12. The number of benzene rings is 1. The van der Waals surface area contributed by atoms with Crippen LogP contribution in [-0.2, 0) is 4.79 Å². The summed E-state index contributed by atoms with van der Waals surface area (Å²) in [5, 5.41) is 6.87. The second kappa shape index (κ2) is 6.91. The quantitative estimate of drug-likeness (QED) is 0.413. The Morgan fingerprint density at radius 3 is 3.00 bits per heavy atom. The van der Waals surface area contributed by atoms with E-state index < -0.39 is 5.82 Å². The molecule has 0 spiro atoms. The van der Waals surface area contributed by atoms with E-state index in [0.717, 1.165) is 33.4 Å². The Morgan fingerprint density at radius 1 is 1.22 bits per heavy atom. The molecule has 8 heteroatoms. The summed E-state index contributed by atoms with van der Waals surface area (Å²) in [5.74, 6) is -0.292. The van der Waals surface area contributed by atoms with E-state index in [2.05, 4.69) is 25.6 Å². The lowest BCUT2D eigenvalue weighted by atomic mass is 9.92. The Balaban J connectivity index is 1.50. The zero-order chi connectivity index (χ0) is 21.8. The van der Waals surface area contributed by atoms with Gasteiger partial charge in [-0.2, -0.15) is 0 Å². The molecule has 3 aromatic heterocycles. The van der Waals surface area contributed by atoms with E-state index in [-0.39, 0.29) is 11.6 Å². The molecule has 0 atom stereocenters. The number of nitrogens with one attached hydrogen (secondary N) is 3. The maximum atomic E-state index is 15.1. The second-order valence-electron chi connectivity index (χ2n) is 7.83. The molecule has 0 bridgehead atoms. The first-order valence-corrected chi connectivity index (χ1v) is 10.2. The van der Waals surface area contributed by atoms with Crippen LogP contribution in [-0.4, -0.2) is 34.0 Å². The Bertz CT molecular complexity index is 1420. The van der Waals surface area contributed by atoms with Gasteiger partial charge in [0.15, 0.2) is 0 Å². The number of fused-ring (bicyclic) bond motifs is 3. The zero-order valence-corrected chi connectivity index (χ0v) is 17.1. The molecule has 3 N–H and O–H groups in total. The summed E-state index contributed by atoms with van der Waals surface area (Å²) < 4.78 is 20.6. The van der Waals surface area contributed by atoms with E-state index in [4.69, 9.17) is 4.74 Å². The Labute approximate surface area is 182 Å². The number of pyridine rings is 2. The fourth-order valence-corrected chi connectivity index (χ4v) is 4.34. The molecule has 32 heavy (non-hydrogen) atoms. The lowest BCUT2D eigenvalue weighted by Crippen LogP contribution is -2.18. The van der Waals surface area contributed by atoms with Gasteiger partial charge < -0.3 is 20.4 Å². The molecular weight excluding hydrogens is 409 g/mol. The minimum absolute atomic E-state index is 0.202. The van der Waals surface area contributed by atoms with E-state index in [1.165, 1.54) is 6.07 Å². The molecule has 6 rings (SSSR count). The van der Waals surface area contributed by atoms with Crippen LogP contribution in [0.4, 0.5) is 15.8 Å². The highest BCUT2D eigenvalue weighted by Crippen LogP contribution is 2.42. The number of amides is 1. The van der Waals surface area contributed by atoms with E-state index in [0.29, 0.717) is 35.7 Å². The monoisotopic (exact) mass is 427 g/mol. The van der Waals surface area contributed by atoms with Gasteiger partial charge in [-0.3, -0.25) is 9.78 Å². The highest BCUT2D eigenvalue weighted by Gasteiger charge is 2.31. The van der Waals surface area contributed by atoms with Gasteiger partial charge in [0.25, 0.3) is 5.91 Å². The van der Waals surface area contributed by atoms with Crippen molar-refractivity contribution >= 4 is 39.8 Å². The van der Waals surface area contributed by atoms with Gasteiger partial charge in [-0.05, 0) is 48.4 Å². The molecule has 1 aromatic carbocycles. The Hall–Kier alpha value is -4.20. The molecule has 2 aliphatic heterocycles. The van der Waals surface area contributed by atoms with Gasteiger partial charge in [0.1, 0.15) is 12.4 Å². The molecule has 0 saturated carbocycles. The van der Waals surface area contributed by atoms with Gasteiger partial charge in [-0.25, -0.2) is 9.37 Å². The number of hydrogen-bond acceptors (Lipinski definition) is 5. The number of aromatic nitrogens is 3. The van der Waals surface area contributed by atoms with Crippen LogP contribution >= 0.6 is 0 Å². The third kappa shape index (κ3) is 2.84. The summed E-state index contributed by atoms with van der Waals surface area (Å²) in [5.41, 5.74) is 5.81. The van der Waals surface area contributed by atoms with Crippen molar-refractivity contribution in [2.45, 2.75) is 6.92 Å². The van der Waals surface area contributed by atoms with Crippen molar-refractivity contribution < 1.29 is 13.9 Å². The van der Waals surface area contributed by atoms with Gasteiger partial charge >= 0.3 is 0 Å². The smallest absolute Gasteiger partial charge is 0.256 e. The number of halogens is 1. The number of rotatable bonds is 2. The fraction of sp³-hybridized carbons (Fsp3) is 0.125. The summed E-state index contributed by atoms with van der Waals surface area (Å²) in [6.07, 6.45) is 6.86. The van der Waals surface area contributed by atoms with Crippen LogP contribution in [0.25, 0.3) is 33.7 Å². The molecule has 0 radical (unpaired) electrons. The average molecular weight is 427 g/mol. The van der Waals surface area contributed by atoms with Crippen molar-refractivity contribution in [2.24, 2.45) is 0 Å². The number of nitrogens with zero attached hydrogens (tertiary/aromatic N) is 2. The maximum absolute atomic E-state index is 15.1. The van der Waals surface area contributed by atoms with Crippen molar-refractivity contribution in [1.82, 2.24) is 15.0 Å². The van der Waals surface area contributed by atoms with Crippen molar-refractivity contribution in [3.8, 4) is 17.0 Å². The largest absolute Gasteiger partial charge is 0.474 e. The molecule has 0 saturated heterocycles. The minimum atomic E-state index is -0.486. The number of H-pyrrole nitrogens is 1. The van der Waals surface area contributed by atoms with Crippen molar-refractivity contribution in [3.05, 3.63) is 65.5 Å². The van der Waals surface area contributed by atoms with Gasteiger partial charge in [0.2, 0.25) is 5.88 Å². The normalized spacial score (nSPS) is 15.8. The second-order valence-corrected chi connectivity index (χ2v) is 7.83. The number of hydrogen-bond donors (Lipinski definition) is 3. The molecule has 2 aliphatic rings. The number of anilines is 2. The van der Waals surface area contributed by atoms with E-state index in [1.807, 2.05) is 25.1 Å². The molecule has 0 aliphatic carbocycles.